The molecule has 2 aromatic rings. The highest BCUT2D eigenvalue weighted by atomic mass is 16.5. The molecule has 1 aromatic heterocycles. The molecule has 0 spiro atoms. The number of imidazole rings is 1. The van der Waals surface area contributed by atoms with Gasteiger partial charge in [-0.2, -0.15) is 0 Å². The molecule has 1 atom stereocenters. The Bertz CT molecular complexity index is 526. The van der Waals surface area contributed by atoms with Crippen molar-refractivity contribution in [3.63, 3.8) is 0 Å². The van der Waals surface area contributed by atoms with Gasteiger partial charge in [0.15, 0.2) is 0 Å². The van der Waals surface area contributed by atoms with Crippen molar-refractivity contribution < 1.29 is 9.47 Å². The summed E-state index contributed by atoms with van der Waals surface area (Å²) in [5, 5.41) is 3.48. The molecule has 0 aliphatic rings. The number of hydrogen-bond donors (Lipinski definition) is 1. The Labute approximate surface area is 119 Å². The second-order valence-corrected chi connectivity index (χ2v) is 4.58. The van der Waals surface area contributed by atoms with Crippen LogP contribution in [0, 0.1) is 0 Å². The lowest BCUT2D eigenvalue weighted by Gasteiger charge is -2.18. The number of nitrogens with zero attached hydrogens (tertiary/aromatic N) is 2. The first kappa shape index (κ1) is 14.4. The number of methoxy groups -OCH3 is 2. The lowest BCUT2D eigenvalue weighted by atomic mass is 10.1. The molecule has 0 amide bonds. The Morgan fingerprint density at radius 2 is 2.15 bits per heavy atom. The number of aromatic nitrogens is 2. The first-order valence-electron chi connectivity index (χ1n) is 6.65. The van der Waals surface area contributed by atoms with E-state index in [1.165, 1.54) is 0 Å². The Kier molecular flexibility index (Phi) is 5.01. The molecule has 1 N–H and O–H groups in total. The van der Waals surface area contributed by atoms with Crippen molar-refractivity contribution in [2.45, 2.75) is 19.5 Å². The summed E-state index contributed by atoms with van der Waals surface area (Å²) in [6, 6.07) is 6.03. The lowest BCUT2D eigenvalue weighted by molar-refractivity contribution is 0.391. The maximum absolute atomic E-state index is 5.41. The molecule has 5 nitrogen and oxygen atoms in total. The topological polar surface area (TPSA) is 48.3 Å². The van der Waals surface area contributed by atoms with E-state index in [1.807, 2.05) is 35.3 Å². The molecular formula is C15H21N3O2. The molecule has 20 heavy (non-hydrogen) atoms. The summed E-state index contributed by atoms with van der Waals surface area (Å²) in [6.07, 6.45) is 5.56. The minimum atomic E-state index is 0.184. The zero-order valence-corrected chi connectivity index (χ0v) is 12.2. The molecule has 0 aliphatic heterocycles. The average molecular weight is 275 g/mol. The van der Waals surface area contributed by atoms with Gasteiger partial charge in [-0.15, -0.1) is 0 Å². The summed E-state index contributed by atoms with van der Waals surface area (Å²) in [6.45, 7) is 3.86. The Morgan fingerprint density at radius 3 is 2.80 bits per heavy atom. The van der Waals surface area contributed by atoms with Gasteiger partial charge in [0.1, 0.15) is 11.5 Å². The molecular weight excluding hydrogens is 254 g/mol. The molecule has 1 unspecified atom stereocenters. The van der Waals surface area contributed by atoms with E-state index in [4.69, 9.17) is 9.47 Å². The molecule has 0 radical (unpaired) electrons. The number of hydrogen-bond acceptors (Lipinski definition) is 4. The first-order chi connectivity index (χ1) is 9.74. The van der Waals surface area contributed by atoms with Crippen LogP contribution in [0.2, 0.25) is 0 Å². The predicted molar refractivity (Wildman–Crippen MR) is 78.2 cm³/mol. The number of nitrogens with one attached hydrogen (secondary N) is 1. The zero-order chi connectivity index (χ0) is 14.4. The van der Waals surface area contributed by atoms with Crippen molar-refractivity contribution in [2.24, 2.45) is 0 Å². The highest BCUT2D eigenvalue weighted by molar-refractivity contribution is 5.42. The van der Waals surface area contributed by atoms with Crippen LogP contribution < -0.4 is 14.8 Å². The number of rotatable bonds is 7. The summed E-state index contributed by atoms with van der Waals surface area (Å²) < 4.78 is 12.7. The fraction of sp³-hybridized carbons (Fsp3) is 0.400. The largest absolute Gasteiger partial charge is 0.497 e. The van der Waals surface area contributed by atoms with Crippen LogP contribution >= 0.6 is 0 Å². The molecule has 1 heterocycles. The summed E-state index contributed by atoms with van der Waals surface area (Å²) in [4.78, 5) is 4.03. The van der Waals surface area contributed by atoms with Gasteiger partial charge in [-0.3, -0.25) is 0 Å². The SMILES string of the molecule is COc1ccc(OC)c(C(C)NCCn2ccnc2)c1. The molecule has 1 aromatic carbocycles. The van der Waals surface area contributed by atoms with Crippen molar-refractivity contribution in [3.8, 4) is 11.5 Å². The van der Waals surface area contributed by atoms with E-state index in [0.717, 1.165) is 30.2 Å². The van der Waals surface area contributed by atoms with Crippen LogP contribution in [0.5, 0.6) is 11.5 Å². The third-order valence-corrected chi connectivity index (χ3v) is 3.28. The minimum absolute atomic E-state index is 0.184. The molecule has 0 fully saturated rings. The average Bonchev–Trinajstić information content (AvgIpc) is 2.99. The quantitative estimate of drug-likeness (QED) is 0.842. The van der Waals surface area contributed by atoms with Gasteiger partial charge in [0.25, 0.3) is 0 Å². The van der Waals surface area contributed by atoms with E-state index in [-0.39, 0.29) is 6.04 Å². The summed E-state index contributed by atoms with van der Waals surface area (Å²) >= 11 is 0. The van der Waals surface area contributed by atoms with Crippen molar-refractivity contribution in [1.29, 1.82) is 0 Å². The first-order valence-corrected chi connectivity index (χ1v) is 6.65. The van der Waals surface area contributed by atoms with E-state index in [9.17, 15) is 0 Å². The van der Waals surface area contributed by atoms with Crippen molar-refractivity contribution in [2.75, 3.05) is 20.8 Å². The molecule has 0 aliphatic carbocycles. The minimum Gasteiger partial charge on any atom is -0.497 e. The van der Waals surface area contributed by atoms with Gasteiger partial charge in [0.2, 0.25) is 0 Å². The number of ether oxygens (including phenoxy) is 2. The van der Waals surface area contributed by atoms with Gasteiger partial charge in [-0.25, -0.2) is 4.98 Å². The van der Waals surface area contributed by atoms with Crippen LogP contribution in [0.1, 0.15) is 18.5 Å². The Balaban J connectivity index is 1.98. The van der Waals surface area contributed by atoms with Crippen LogP contribution in [-0.2, 0) is 6.54 Å². The van der Waals surface area contributed by atoms with Crippen molar-refractivity contribution >= 4 is 0 Å². The molecule has 2 rings (SSSR count). The van der Waals surface area contributed by atoms with Crippen LogP contribution in [-0.4, -0.2) is 30.3 Å². The van der Waals surface area contributed by atoms with E-state index in [1.54, 1.807) is 20.4 Å². The Morgan fingerprint density at radius 1 is 1.30 bits per heavy atom. The third kappa shape index (κ3) is 3.51. The van der Waals surface area contributed by atoms with Crippen LogP contribution in [0.15, 0.2) is 36.9 Å². The normalized spacial score (nSPS) is 12.2. The molecule has 0 saturated carbocycles. The lowest BCUT2D eigenvalue weighted by Crippen LogP contribution is -2.23. The smallest absolute Gasteiger partial charge is 0.123 e. The van der Waals surface area contributed by atoms with E-state index < -0.39 is 0 Å². The van der Waals surface area contributed by atoms with Crippen molar-refractivity contribution in [3.05, 3.63) is 42.5 Å². The highest BCUT2D eigenvalue weighted by Crippen LogP contribution is 2.29. The summed E-state index contributed by atoms with van der Waals surface area (Å²) in [7, 11) is 3.35. The monoisotopic (exact) mass is 275 g/mol. The van der Waals surface area contributed by atoms with Crippen molar-refractivity contribution in [1.82, 2.24) is 14.9 Å². The van der Waals surface area contributed by atoms with Gasteiger partial charge >= 0.3 is 0 Å². The molecule has 0 bridgehead atoms. The predicted octanol–water partition coefficient (Wildman–Crippen LogP) is 2.25. The van der Waals surface area contributed by atoms with E-state index in [2.05, 4.69) is 17.2 Å². The van der Waals surface area contributed by atoms with Gasteiger partial charge in [-0.1, -0.05) is 0 Å². The van der Waals surface area contributed by atoms with Crippen LogP contribution in [0.3, 0.4) is 0 Å². The van der Waals surface area contributed by atoms with E-state index >= 15 is 0 Å². The van der Waals surface area contributed by atoms with Gasteiger partial charge in [0, 0.05) is 37.1 Å². The van der Waals surface area contributed by atoms with Gasteiger partial charge in [0.05, 0.1) is 20.5 Å². The molecule has 5 heteroatoms. The highest BCUT2D eigenvalue weighted by Gasteiger charge is 2.12. The fourth-order valence-electron chi connectivity index (χ4n) is 2.12. The fourth-order valence-corrected chi connectivity index (χ4v) is 2.12. The zero-order valence-electron chi connectivity index (χ0n) is 12.2. The van der Waals surface area contributed by atoms with E-state index in [0.29, 0.717) is 0 Å². The van der Waals surface area contributed by atoms with Gasteiger partial charge in [-0.05, 0) is 25.1 Å². The third-order valence-electron chi connectivity index (χ3n) is 3.28. The number of benzene rings is 1. The molecule has 108 valence electrons. The maximum Gasteiger partial charge on any atom is 0.123 e. The summed E-state index contributed by atoms with van der Waals surface area (Å²) in [5.41, 5.74) is 1.09. The second kappa shape index (κ2) is 6.96. The standard InChI is InChI=1S/C15H21N3O2/c1-12(17-7-9-18-8-6-16-11-18)14-10-13(19-2)4-5-15(14)20-3/h4-6,8,10-12,17H,7,9H2,1-3H3. The molecule has 0 saturated heterocycles. The van der Waals surface area contributed by atoms with Crippen LogP contribution in [0.25, 0.3) is 0 Å². The Hall–Kier alpha value is -2.01. The van der Waals surface area contributed by atoms with Gasteiger partial charge < -0.3 is 19.4 Å². The summed E-state index contributed by atoms with van der Waals surface area (Å²) in [5.74, 6) is 1.71. The maximum atomic E-state index is 5.41. The second-order valence-electron chi connectivity index (χ2n) is 4.58. The van der Waals surface area contributed by atoms with Crippen LogP contribution in [0.4, 0.5) is 0 Å².